The molecule has 0 aliphatic carbocycles. The molecule has 0 aliphatic rings. The van der Waals surface area contributed by atoms with Gasteiger partial charge in [-0.1, -0.05) is 36.4 Å². The van der Waals surface area contributed by atoms with Crippen molar-refractivity contribution in [2.45, 2.75) is 25.8 Å². The van der Waals surface area contributed by atoms with Crippen molar-refractivity contribution in [1.29, 1.82) is 0 Å². The number of ketones is 1. The first-order valence-corrected chi connectivity index (χ1v) is 9.77. The Bertz CT molecular complexity index is 826. The fraction of sp³-hybridized carbons (Fsp3) is 0.211. The largest absolute Gasteiger partial charge is 0.350 e. The average Bonchev–Trinajstić information content (AvgIpc) is 3.31. The van der Waals surface area contributed by atoms with Crippen molar-refractivity contribution in [3.63, 3.8) is 0 Å². The Morgan fingerprint density at radius 3 is 2.60 bits per heavy atom. The highest BCUT2D eigenvalue weighted by molar-refractivity contribution is 7.12. The van der Waals surface area contributed by atoms with E-state index < -0.39 is 0 Å². The van der Waals surface area contributed by atoms with Crippen LogP contribution in [0.2, 0.25) is 0 Å². The summed E-state index contributed by atoms with van der Waals surface area (Å²) in [7, 11) is 0. The molecule has 2 aromatic heterocycles. The zero-order valence-electron chi connectivity index (χ0n) is 13.6. The quantitative estimate of drug-likeness (QED) is 0.608. The van der Waals surface area contributed by atoms with Crippen molar-refractivity contribution in [1.82, 2.24) is 10.3 Å². The molecule has 0 atom stereocenters. The third-order valence-electron chi connectivity index (χ3n) is 3.64. The molecule has 0 spiro atoms. The summed E-state index contributed by atoms with van der Waals surface area (Å²) in [5.74, 6) is -0.105. The molecule has 0 unspecified atom stereocenters. The van der Waals surface area contributed by atoms with E-state index in [1.54, 1.807) is 17.4 Å². The third-order valence-corrected chi connectivity index (χ3v) is 5.45. The van der Waals surface area contributed by atoms with Gasteiger partial charge in [0.15, 0.2) is 5.78 Å². The normalized spacial score (nSPS) is 10.6. The average molecular weight is 370 g/mol. The van der Waals surface area contributed by atoms with Crippen molar-refractivity contribution in [3.8, 4) is 0 Å². The Balaban J connectivity index is 1.42. The van der Waals surface area contributed by atoms with Crippen LogP contribution in [-0.4, -0.2) is 16.7 Å². The van der Waals surface area contributed by atoms with Gasteiger partial charge in [0.2, 0.25) is 5.91 Å². The molecule has 0 fully saturated rings. The molecular weight excluding hydrogens is 352 g/mol. The van der Waals surface area contributed by atoms with Gasteiger partial charge in [-0.3, -0.25) is 9.59 Å². The standard InChI is InChI=1S/C19H18N2O2S2/c22-16(17-7-4-10-24-17)8-9-18(23)20-12-15-13-25-19(21-15)11-14-5-2-1-3-6-14/h1-7,10,13H,8-9,11-12H2,(H,20,23). The van der Waals surface area contributed by atoms with Crippen molar-refractivity contribution in [2.24, 2.45) is 0 Å². The minimum Gasteiger partial charge on any atom is -0.350 e. The lowest BCUT2D eigenvalue weighted by atomic mass is 10.2. The lowest BCUT2D eigenvalue weighted by Gasteiger charge is -2.02. The minimum atomic E-state index is -0.123. The zero-order chi connectivity index (χ0) is 17.5. The van der Waals surface area contributed by atoms with Gasteiger partial charge in [0.05, 0.1) is 22.1 Å². The van der Waals surface area contributed by atoms with Gasteiger partial charge < -0.3 is 5.32 Å². The summed E-state index contributed by atoms with van der Waals surface area (Å²) in [6.07, 6.45) is 1.25. The van der Waals surface area contributed by atoms with Crippen LogP contribution in [0.1, 0.15) is 38.8 Å². The van der Waals surface area contributed by atoms with E-state index in [-0.39, 0.29) is 24.5 Å². The van der Waals surface area contributed by atoms with E-state index in [9.17, 15) is 9.59 Å². The number of benzene rings is 1. The number of nitrogens with zero attached hydrogens (tertiary/aromatic N) is 1. The van der Waals surface area contributed by atoms with Crippen LogP contribution in [0, 0.1) is 0 Å². The molecule has 3 rings (SSSR count). The number of Topliss-reactive ketones (excluding diaryl/α,β-unsaturated/α-hetero) is 1. The lowest BCUT2D eigenvalue weighted by molar-refractivity contribution is -0.121. The Kier molecular flexibility index (Phi) is 6.09. The van der Waals surface area contributed by atoms with Crippen LogP contribution in [0.4, 0.5) is 0 Å². The Hall–Kier alpha value is -2.31. The van der Waals surface area contributed by atoms with E-state index in [0.717, 1.165) is 17.1 Å². The fourth-order valence-electron chi connectivity index (χ4n) is 2.35. The van der Waals surface area contributed by atoms with Gasteiger partial charge in [-0.15, -0.1) is 22.7 Å². The highest BCUT2D eigenvalue weighted by Crippen LogP contribution is 2.15. The summed E-state index contributed by atoms with van der Waals surface area (Å²) in [6, 6.07) is 13.8. The summed E-state index contributed by atoms with van der Waals surface area (Å²) in [5.41, 5.74) is 2.08. The van der Waals surface area contributed by atoms with Crippen LogP contribution in [-0.2, 0) is 17.8 Å². The number of nitrogens with one attached hydrogen (secondary N) is 1. The number of amides is 1. The topological polar surface area (TPSA) is 59.1 Å². The maximum absolute atomic E-state index is 11.9. The van der Waals surface area contributed by atoms with E-state index in [4.69, 9.17) is 0 Å². The molecule has 0 saturated heterocycles. The summed E-state index contributed by atoms with van der Waals surface area (Å²) < 4.78 is 0. The number of thiophene rings is 1. The van der Waals surface area contributed by atoms with Crippen LogP contribution in [0.3, 0.4) is 0 Å². The first-order chi connectivity index (χ1) is 12.2. The highest BCUT2D eigenvalue weighted by Gasteiger charge is 2.10. The maximum atomic E-state index is 11.9. The van der Waals surface area contributed by atoms with E-state index in [1.807, 2.05) is 35.0 Å². The van der Waals surface area contributed by atoms with Crippen LogP contribution in [0.15, 0.2) is 53.2 Å². The second-order valence-corrected chi connectivity index (χ2v) is 7.46. The van der Waals surface area contributed by atoms with Crippen molar-refractivity contribution in [2.75, 3.05) is 0 Å². The van der Waals surface area contributed by atoms with Crippen molar-refractivity contribution < 1.29 is 9.59 Å². The second-order valence-electron chi connectivity index (χ2n) is 5.57. The molecule has 3 aromatic rings. The number of carbonyl (C=O) groups is 2. The van der Waals surface area contributed by atoms with E-state index in [1.165, 1.54) is 16.9 Å². The van der Waals surface area contributed by atoms with Crippen LogP contribution >= 0.6 is 22.7 Å². The number of carbonyl (C=O) groups excluding carboxylic acids is 2. The summed E-state index contributed by atoms with van der Waals surface area (Å²) in [6.45, 7) is 0.400. The molecule has 128 valence electrons. The molecule has 2 heterocycles. The van der Waals surface area contributed by atoms with Crippen molar-refractivity contribution >= 4 is 34.4 Å². The summed E-state index contributed by atoms with van der Waals surface area (Å²) in [5, 5.41) is 7.70. The molecular formula is C19H18N2O2S2. The van der Waals surface area contributed by atoms with Gasteiger partial charge in [0.1, 0.15) is 0 Å². The molecule has 0 bridgehead atoms. The predicted molar refractivity (Wildman–Crippen MR) is 101 cm³/mol. The first-order valence-electron chi connectivity index (χ1n) is 8.01. The molecule has 0 saturated carbocycles. The molecule has 6 heteroatoms. The van der Waals surface area contributed by atoms with Gasteiger partial charge >= 0.3 is 0 Å². The monoisotopic (exact) mass is 370 g/mol. The van der Waals surface area contributed by atoms with Gasteiger partial charge in [0.25, 0.3) is 0 Å². The molecule has 25 heavy (non-hydrogen) atoms. The zero-order valence-corrected chi connectivity index (χ0v) is 15.2. The van der Waals surface area contributed by atoms with E-state index in [2.05, 4.69) is 22.4 Å². The maximum Gasteiger partial charge on any atom is 0.220 e. The molecule has 4 nitrogen and oxygen atoms in total. The highest BCUT2D eigenvalue weighted by atomic mass is 32.1. The van der Waals surface area contributed by atoms with Gasteiger partial charge in [0, 0.05) is 24.6 Å². The summed E-state index contributed by atoms with van der Waals surface area (Å²) in [4.78, 5) is 29.0. The number of aromatic nitrogens is 1. The lowest BCUT2D eigenvalue weighted by Crippen LogP contribution is -2.23. The third kappa shape index (κ3) is 5.34. The Morgan fingerprint density at radius 2 is 1.84 bits per heavy atom. The molecule has 0 aliphatic heterocycles. The van der Waals surface area contributed by atoms with Gasteiger partial charge in [-0.05, 0) is 17.0 Å². The Labute approximate surface area is 154 Å². The molecule has 0 radical (unpaired) electrons. The number of rotatable bonds is 8. The van der Waals surface area contributed by atoms with Crippen LogP contribution < -0.4 is 5.32 Å². The number of hydrogen-bond acceptors (Lipinski definition) is 5. The number of thiazole rings is 1. The molecule has 1 amide bonds. The summed E-state index contributed by atoms with van der Waals surface area (Å²) >= 11 is 3.00. The number of hydrogen-bond donors (Lipinski definition) is 1. The Morgan fingerprint density at radius 1 is 1.00 bits per heavy atom. The van der Waals surface area contributed by atoms with Gasteiger partial charge in [-0.2, -0.15) is 0 Å². The molecule has 1 N–H and O–H groups in total. The molecule has 1 aromatic carbocycles. The van der Waals surface area contributed by atoms with E-state index >= 15 is 0 Å². The minimum absolute atomic E-state index is 0.0176. The van der Waals surface area contributed by atoms with Crippen molar-refractivity contribution in [3.05, 3.63) is 74.4 Å². The van der Waals surface area contributed by atoms with E-state index in [0.29, 0.717) is 11.4 Å². The van der Waals surface area contributed by atoms with Gasteiger partial charge in [-0.25, -0.2) is 4.98 Å². The van der Waals surface area contributed by atoms with Crippen LogP contribution in [0.25, 0.3) is 0 Å². The van der Waals surface area contributed by atoms with Crippen LogP contribution in [0.5, 0.6) is 0 Å². The fourth-order valence-corrected chi connectivity index (χ4v) is 3.87. The first kappa shape index (κ1) is 17.5. The smallest absolute Gasteiger partial charge is 0.220 e. The predicted octanol–water partition coefficient (Wildman–Crippen LogP) is 4.07. The second kappa shape index (κ2) is 8.69. The SMILES string of the molecule is O=C(CCC(=O)c1cccs1)NCc1csc(Cc2ccccc2)n1.